The van der Waals surface area contributed by atoms with Crippen LogP contribution in [0.15, 0.2) is 23.1 Å². The Balaban J connectivity index is 1.97. The van der Waals surface area contributed by atoms with E-state index in [-0.39, 0.29) is 10.8 Å². The number of likely N-dealkylation sites (tertiary alicyclic amines) is 1. The Kier molecular flexibility index (Phi) is 4.59. The van der Waals surface area contributed by atoms with Crippen LogP contribution in [0.4, 0.5) is 0 Å². The number of sulfonamides is 1. The fourth-order valence-electron chi connectivity index (χ4n) is 3.18. The van der Waals surface area contributed by atoms with Crippen molar-refractivity contribution in [1.29, 1.82) is 0 Å². The minimum atomic E-state index is -3.54. The number of nitrogens with zero attached hydrogens (tertiary/aromatic N) is 2. The summed E-state index contributed by atoms with van der Waals surface area (Å²) in [5, 5.41) is 0. The summed E-state index contributed by atoms with van der Waals surface area (Å²) in [4.78, 5) is 14.6. The molecule has 0 saturated carbocycles. The molecule has 7 heteroatoms. The first-order chi connectivity index (χ1) is 11.0. The molecule has 1 amide bonds. The zero-order chi connectivity index (χ0) is 16.4. The van der Waals surface area contributed by atoms with E-state index in [1.165, 1.54) is 23.5 Å². The van der Waals surface area contributed by atoms with E-state index in [4.69, 9.17) is 4.74 Å². The number of carbonyl (C=O) groups excluding carboxylic acids is 1. The summed E-state index contributed by atoms with van der Waals surface area (Å²) in [5.41, 5.74) is 0.328. The Bertz CT molecular complexity index is 690. The smallest absolute Gasteiger partial charge is 0.257 e. The number of carbonyl (C=O) groups is 1. The first-order valence-corrected chi connectivity index (χ1v) is 9.45. The Hall–Kier alpha value is -1.60. The minimum Gasteiger partial charge on any atom is -0.496 e. The summed E-state index contributed by atoms with van der Waals surface area (Å²) in [6, 6.07) is 4.56. The SMILES string of the molecule is COc1ccc(S(=O)(=O)N2CCCC2)cc1C(=O)N1CCCC1. The van der Waals surface area contributed by atoms with Gasteiger partial charge in [-0.05, 0) is 43.9 Å². The highest BCUT2D eigenvalue weighted by molar-refractivity contribution is 7.89. The molecule has 126 valence electrons. The maximum atomic E-state index is 12.7. The van der Waals surface area contributed by atoms with Gasteiger partial charge in [0, 0.05) is 26.2 Å². The Morgan fingerprint density at radius 1 is 1.04 bits per heavy atom. The van der Waals surface area contributed by atoms with Crippen molar-refractivity contribution in [3.05, 3.63) is 23.8 Å². The number of benzene rings is 1. The molecule has 1 aromatic rings. The highest BCUT2D eigenvalue weighted by Crippen LogP contribution is 2.28. The van der Waals surface area contributed by atoms with E-state index in [1.54, 1.807) is 11.0 Å². The van der Waals surface area contributed by atoms with Gasteiger partial charge in [-0.2, -0.15) is 4.31 Å². The van der Waals surface area contributed by atoms with Gasteiger partial charge in [0.25, 0.3) is 5.91 Å². The van der Waals surface area contributed by atoms with Crippen molar-refractivity contribution < 1.29 is 17.9 Å². The van der Waals surface area contributed by atoms with Crippen molar-refractivity contribution in [2.24, 2.45) is 0 Å². The summed E-state index contributed by atoms with van der Waals surface area (Å²) in [6.07, 6.45) is 3.74. The number of hydrogen-bond acceptors (Lipinski definition) is 4. The quantitative estimate of drug-likeness (QED) is 0.838. The lowest BCUT2D eigenvalue weighted by Crippen LogP contribution is -2.30. The summed E-state index contributed by atoms with van der Waals surface area (Å²) in [6.45, 7) is 2.52. The van der Waals surface area contributed by atoms with Gasteiger partial charge in [-0.15, -0.1) is 0 Å². The van der Waals surface area contributed by atoms with E-state index in [1.807, 2.05) is 0 Å². The van der Waals surface area contributed by atoms with Crippen LogP contribution in [0.2, 0.25) is 0 Å². The van der Waals surface area contributed by atoms with Crippen LogP contribution in [0, 0.1) is 0 Å². The fraction of sp³-hybridized carbons (Fsp3) is 0.562. The van der Waals surface area contributed by atoms with Crippen LogP contribution in [0.3, 0.4) is 0 Å². The van der Waals surface area contributed by atoms with Gasteiger partial charge in [0.15, 0.2) is 0 Å². The van der Waals surface area contributed by atoms with E-state index in [0.717, 1.165) is 25.7 Å². The molecule has 0 spiro atoms. The predicted octanol–water partition coefficient (Wildman–Crippen LogP) is 1.72. The first-order valence-electron chi connectivity index (χ1n) is 8.01. The monoisotopic (exact) mass is 338 g/mol. The lowest BCUT2D eigenvalue weighted by molar-refractivity contribution is 0.0789. The Morgan fingerprint density at radius 2 is 1.65 bits per heavy atom. The van der Waals surface area contributed by atoms with Crippen molar-refractivity contribution >= 4 is 15.9 Å². The average Bonchev–Trinajstić information content (AvgIpc) is 3.26. The van der Waals surface area contributed by atoms with Gasteiger partial charge in [0.1, 0.15) is 5.75 Å². The molecule has 0 unspecified atom stereocenters. The highest BCUT2D eigenvalue weighted by atomic mass is 32.2. The van der Waals surface area contributed by atoms with E-state index >= 15 is 0 Å². The van der Waals surface area contributed by atoms with E-state index in [2.05, 4.69) is 0 Å². The summed E-state index contributed by atoms with van der Waals surface area (Å²) in [5.74, 6) is 0.264. The van der Waals surface area contributed by atoms with E-state index in [0.29, 0.717) is 37.5 Å². The van der Waals surface area contributed by atoms with Crippen molar-refractivity contribution in [3.63, 3.8) is 0 Å². The molecule has 0 radical (unpaired) electrons. The number of hydrogen-bond donors (Lipinski definition) is 0. The molecule has 2 aliphatic heterocycles. The molecule has 0 atom stereocenters. The van der Waals surface area contributed by atoms with Gasteiger partial charge < -0.3 is 9.64 Å². The zero-order valence-corrected chi connectivity index (χ0v) is 14.1. The zero-order valence-electron chi connectivity index (χ0n) is 13.3. The van der Waals surface area contributed by atoms with Gasteiger partial charge in [-0.25, -0.2) is 8.42 Å². The van der Waals surface area contributed by atoms with Crippen LogP contribution >= 0.6 is 0 Å². The Morgan fingerprint density at radius 3 is 2.26 bits per heavy atom. The van der Waals surface area contributed by atoms with E-state index in [9.17, 15) is 13.2 Å². The molecule has 2 aliphatic rings. The summed E-state index contributed by atoms with van der Waals surface area (Å²) in [7, 11) is -2.05. The third-order valence-electron chi connectivity index (χ3n) is 4.50. The minimum absolute atomic E-state index is 0.155. The number of amides is 1. The predicted molar refractivity (Wildman–Crippen MR) is 86.1 cm³/mol. The van der Waals surface area contributed by atoms with Gasteiger partial charge in [0.05, 0.1) is 17.6 Å². The van der Waals surface area contributed by atoms with Crippen molar-refractivity contribution in [1.82, 2.24) is 9.21 Å². The molecule has 0 bridgehead atoms. The largest absolute Gasteiger partial charge is 0.496 e. The summed E-state index contributed by atoms with van der Waals surface area (Å²) >= 11 is 0. The second-order valence-electron chi connectivity index (χ2n) is 5.97. The van der Waals surface area contributed by atoms with E-state index < -0.39 is 10.0 Å². The second-order valence-corrected chi connectivity index (χ2v) is 7.91. The molecule has 0 aromatic heterocycles. The Labute approximate surface area is 137 Å². The molecule has 2 fully saturated rings. The van der Waals surface area contributed by atoms with Crippen molar-refractivity contribution in [3.8, 4) is 5.75 Å². The topological polar surface area (TPSA) is 66.9 Å². The number of methoxy groups -OCH3 is 1. The number of ether oxygens (including phenoxy) is 1. The lowest BCUT2D eigenvalue weighted by Gasteiger charge is -2.19. The van der Waals surface area contributed by atoms with Crippen molar-refractivity contribution in [2.75, 3.05) is 33.3 Å². The van der Waals surface area contributed by atoms with Crippen LogP contribution in [0.1, 0.15) is 36.0 Å². The molecule has 1 aromatic carbocycles. The normalized spacial score (nSPS) is 19.3. The van der Waals surface area contributed by atoms with Crippen LogP contribution in [-0.4, -0.2) is 56.8 Å². The molecular weight excluding hydrogens is 316 g/mol. The van der Waals surface area contributed by atoms with Gasteiger partial charge in [-0.1, -0.05) is 0 Å². The van der Waals surface area contributed by atoms with Crippen LogP contribution in [0.5, 0.6) is 5.75 Å². The maximum absolute atomic E-state index is 12.7. The molecule has 3 rings (SSSR count). The van der Waals surface area contributed by atoms with Gasteiger partial charge in [-0.3, -0.25) is 4.79 Å². The third kappa shape index (κ3) is 3.07. The van der Waals surface area contributed by atoms with Gasteiger partial charge >= 0.3 is 0 Å². The fourth-order valence-corrected chi connectivity index (χ4v) is 4.73. The molecule has 2 heterocycles. The molecular formula is C16H22N2O4S. The molecule has 0 N–H and O–H groups in total. The summed E-state index contributed by atoms with van der Waals surface area (Å²) < 4.78 is 32.1. The first kappa shape index (κ1) is 16.3. The average molecular weight is 338 g/mol. The molecule has 23 heavy (non-hydrogen) atoms. The standard InChI is InChI=1S/C16H22N2O4S/c1-22-15-7-6-13(23(20,21)18-10-4-5-11-18)12-14(15)16(19)17-8-2-3-9-17/h6-7,12H,2-5,8-11H2,1H3. The molecule has 2 saturated heterocycles. The maximum Gasteiger partial charge on any atom is 0.257 e. The van der Waals surface area contributed by atoms with Crippen LogP contribution in [0.25, 0.3) is 0 Å². The molecule has 6 nitrogen and oxygen atoms in total. The molecule has 0 aliphatic carbocycles. The van der Waals surface area contributed by atoms with Gasteiger partial charge in [0.2, 0.25) is 10.0 Å². The van der Waals surface area contributed by atoms with Crippen molar-refractivity contribution in [2.45, 2.75) is 30.6 Å². The van der Waals surface area contributed by atoms with Crippen LogP contribution in [-0.2, 0) is 10.0 Å². The highest BCUT2D eigenvalue weighted by Gasteiger charge is 2.30. The third-order valence-corrected chi connectivity index (χ3v) is 6.39. The second kappa shape index (κ2) is 6.49. The van der Waals surface area contributed by atoms with Crippen LogP contribution < -0.4 is 4.74 Å². The lowest BCUT2D eigenvalue weighted by atomic mass is 10.1. The number of rotatable bonds is 4.